The van der Waals surface area contributed by atoms with Gasteiger partial charge >= 0.3 is 34.1 Å². The number of alkyl halides is 7. The molecule has 0 aromatic rings. The molecule has 0 rings (SSSR count). The van der Waals surface area contributed by atoms with Gasteiger partial charge in [-0.25, -0.2) is 0 Å². The SMILES string of the molecule is CC(=O)OS(=O)(=O)CCC(F)(F)C(F)(F)C(F)(F)F. The molecule has 114 valence electrons. The van der Waals surface area contributed by atoms with Crippen LogP contribution in [-0.4, -0.2) is 38.2 Å². The molecule has 0 heterocycles. The van der Waals surface area contributed by atoms with Crippen molar-refractivity contribution in [1.82, 2.24) is 0 Å². The molecule has 0 bridgehead atoms. The maximum Gasteiger partial charge on any atom is 0.459 e. The summed E-state index contributed by atoms with van der Waals surface area (Å²) >= 11 is 0. The number of carbonyl (C=O) groups excluding carboxylic acids is 1. The fourth-order valence-electron chi connectivity index (χ4n) is 0.838. The normalized spacial score (nSPS) is 14.3. The quantitative estimate of drug-likeness (QED) is 0.575. The fourth-order valence-corrected chi connectivity index (χ4v) is 1.79. The van der Waals surface area contributed by atoms with E-state index in [4.69, 9.17) is 0 Å². The summed E-state index contributed by atoms with van der Waals surface area (Å²) in [4.78, 5) is 10.2. The topological polar surface area (TPSA) is 60.4 Å². The van der Waals surface area contributed by atoms with Crippen molar-refractivity contribution >= 4 is 16.1 Å². The first kappa shape index (κ1) is 17.9. The van der Waals surface area contributed by atoms with Gasteiger partial charge in [0.05, 0.1) is 5.75 Å². The third-order valence-electron chi connectivity index (χ3n) is 1.73. The summed E-state index contributed by atoms with van der Waals surface area (Å²) in [6, 6.07) is 0. The first-order valence-electron chi connectivity index (χ1n) is 4.37. The second kappa shape index (κ2) is 5.13. The molecule has 4 nitrogen and oxygen atoms in total. The zero-order chi connectivity index (χ0) is 15.7. The minimum absolute atomic E-state index is 0.583. The van der Waals surface area contributed by atoms with Gasteiger partial charge in [-0.15, -0.1) is 0 Å². The van der Waals surface area contributed by atoms with E-state index >= 15 is 0 Å². The van der Waals surface area contributed by atoms with Crippen LogP contribution in [0.1, 0.15) is 13.3 Å². The van der Waals surface area contributed by atoms with Crippen LogP contribution in [0.2, 0.25) is 0 Å². The van der Waals surface area contributed by atoms with Crippen molar-refractivity contribution in [2.24, 2.45) is 0 Å². The van der Waals surface area contributed by atoms with Gasteiger partial charge < -0.3 is 4.18 Å². The van der Waals surface area contributed by atoms with Crippen LogP contribution >= 0.6 is 0 Å². The molecule has 0 unspecified atom stereocenters. The highest BCUT2D eigenvalue weighted by molar-refractivity contribution is 7.87. The first-order chi connectivity index (χ1) is 8.12. The molecule has 0 fully saturated rings. The molecule has 12 heteroatoms. The predicted octanol–water partition coefficient (Wildman–Crippen LogP) is 2.10. The lowest BCUT2D eigenvalue weighted by atomic mass is 10.1. The summed E-state index contributed by atoms with van der Waals surface area (Å²) < 4.78 is 110. The molecule has 19 heavy (non-hydrogen) atoms. The van der Waals surface area contributed by atoms with Gasteiger partial charge in [-0.1, -0.05) is 0 Å². The van der Waals surface area contributed by atoms with E-state index in [-0.39, 0.29) is 0 Å². The lowest BCUT2D eigenvalue weighted by Gasteiger charge is -2.27. The zero-order valence-corrected chi connectivity index (χ0v) is 9.92. The fraction of sp³-hybridized carbons (Fsp3) is 0.857. The van der Waals surface area contributed by atoms with Gasteiger partial charge in [0.2, 0.25) is 0 Å². The van der Waals surface area contributed by atoms with Gasteiger partial charge in [0, 0.05) is 13.3 Å². The molecule has 0 spiro atoms. The zero-order valence-electron chi connectivity index (χ0n) is 9.10. The Morgan fingerprint density at radius 3 is 1.79 bits per heavy atom. The van der Waals surface area contributed by atoms with Crippen LogP contribution in [0.3, 0.4) is 0 Å². The molecule has 0 aromatic heterocycles. The Balaban J connectivity index is 4.96. The third kappa shape index (κ3) is 4.51. The molecule has 0 radical (unpaired) electrons. The average molecular weight is 320 g/mol. The summed E-state index contributed by atoms with van der Waals surface area (Å²) in [7, 11) is -4.95. The predicted molar refractivity (Wildman–Crippen MR) is 46.1 cm³/mol. The number of halogens is 7. The van der Waals surface area contributed by atoms with E-state index in [1.807, 2.05) is 0 Å². The van der Waals surface area contributed by atoms with Crippen LogP contribution in [0.4, 0.5) is 30.7 Å². The molecule has 0 amide bonds. The Bertz CT molecular complexity index is 439. The lowest BCUT2D eigenvalue weighted by molar-refractivity contribution is -0.354. The van der Waals surface area contributed by atoms with Gasteiger partial charge in [-0.2, -0.15) is 39.2 Å². The Hall–Kier alpha value is -1.07. The highest BCUT2D eigenvalue weighted by atomic mass is 32.2. The average Bonchev–Trinajstić information content (AvgIpc) is 2.11. The lowest BCUT2D eigenvalue weighted by Crippen LogP contribution is -2.52. The molecular weight excluding hydrogens is 313 g/mol. The van der Waals surface area contributed by atoms with Gasteiger partial charge in [0.25, 0.3) is 0 Å². The monoisotopic (exact) mass is 320 g/mol. The second-order valence-corrected chi connectivity index (χ2v) is 5.05. The summed E-state index contributed by atoms with van der Waals surface area (Å²) in [6.07, 6.45) is -8.89. The smallest absolute Gasteiger partial charge is 0.346 e. The minimum atomic E-state index is -6.54. The van der Waals surface area contributed by atoms with Gasteiger partial charge in [0.15, 0.2) is 0 Å². The van der Waals surface area contributed by atoms with Crippen molar-refractivity contribution in [3.05, 3.63) is 0 Å². The van der Waals surface area contributed by atoms with Crippen LogP contribution < -0.4 is 0 Å². The highest BCUT2D eigenvalue weighted by Crippen LogP contribution is 2.48. The molecule has 0 aliphatic rings. The molecule has 0 N–H and O–H groups in total. The maximum absolute atomic E-state index is 12.7. The number of hydrogen-bond donors (Lipinski definition) is 0. The molecule has 0 saturated heterocycles. The molecule has 0 saturated carbocycles. The van der Waals surface area contributed by atoms with E-state index in [1.165, 1.54) is 0 Å². The van der Waals surface area contributed by atoms with Crippen molar-refractivity contribution < 1.29 is 48.1 Å². The summed E-state index contributed by atoms with van der Waals surface area (Å²) in [5.74, 6) is -15.4. The Labute approximate surface area is 102 Å². The van der Waals surface area contributed by atoms with Crippen LogP contribution in [0, 0.1) is 0 Å². The number of hydrogen-bond acceptors (Lipinski definition) is 4. The van der Waals surface area contributed by atoms with Gasteiger partial charge in [0.1, 0.15) is 0 Å². The van der Waals surface area contributed by atoms with Crippen molar-refractivity contribution in [2.45, 2.75) is 31.4 Å². The Morgan fingerprint density at radius 1 is 1.05 bits per heavy atom. The van der Waals surface area contributed by atoms with E-state index < -0.39 is 46.3 Å². The van der Waals surface area contributed by atoms with Crippen molar-refractivity contribution in [2.75, 3.05) is 5.75 Å². The first-order valence-corrected chi connectivity index (χ1v) is 5.95. The van der Waals surface area contributed by atoms with Crippen molar-refractivity contribution in [3.8, 4) is 0 Å². The van der Waals surface area contributed by atoms with Crippen LogP contribution in [0.25, 0.3) is 0 Å². The minimum Gasteiger partial charge on any atom is -0.346 e. The van der Waals surface area contributed by atoms with Crippen LogP contribution in [-0.2, 0) is 19.1 Å². The molecule has 0 atom stereocenters. The molecular formula is C7H7F7O4S. The van der Waals surface area contributed by atoms with E-state index in [9.17, 15) is 43.9 Å². The van der Waals surface area contributed by atoms with Crippen molar-refractivity contribution in [3.63, 3.8) is 0 Å². The van der Waals surface area contributed by atoms with Crippen LogP contribution in [0.15, 0.2) is 0 Å². The summed E-state index contributed by atoms with van der Waals surface area (Å²) in [5.41, 5.74) is 0. The standard InChI is InChI=1S/C7H7F7O4S/c1-4(15)18-19(16,17)3-2-5(8,9)6(10,11)7(12,13)14/h2-3H2,1H3. The van der Waals surface area contributed by atoms with Gasteiger partial charge in [-0.05, 0) is 0 Å². The third-order valence-corrected chi connectivity index (χ3v) is 2.92. The summed E-state index contributed by atoms with van der Waals surface area (Å²) in [5, 5.41) is 0. The second-order valence-electron chi connectivity index (χ2n) is 3.36. The maximum atomic E-state index is 12.7. The van der Waals surface area contributed by atoms with E-state index in [1.54, 1.807) is 0 Å². The Morgan fingerprint density at radius 2 is 1.47 bits per heavy atom. The molecule has 0 aromatic carbocycles. The van der Waals surface area contributed by atoms with Crippen LogP contribution in [0.5, 0.6) is 0 Å². The molecule has 0 aliphatic heterocycles. The van der Waals surface area contributed by atoms with Gasteiger partial charge in [-0.3, -0.25) is 4.79 Å². The number of carbonyl (C=O) groups is 1. The number of rotatable bonds is 5. The van der Waals surface area contributed by atoms with E-state index in [0.717, 1.165) is 0 Å². The van der Waals surface area contributed by atoms with E-state index in [2.05, 4.69) is 4.18 Å². The Kier molecular flexibility index (Phi) is 4.84. The largest absolute Gasteiger partial charge is 0.459 e. The van der Waals surface area contributed by atoms with E-state index in [0.29, 0.717) is 6.92 Å². The molecule has 0 aliphatic carbocycles. The highest BCUT2D eigenvalue weighted by Gasteiger charge is 2.72. The van der Waals surface area contributed by atoms with Crippen molar-refractivity contribution in [1.29, 1.82) is 0 Å². The summed E-state index contributed by atoms with van der Waals surface area (Å²) in [6.45, 7) is 0.583.